The highest BCUT2D eigenvalue weighted by molar-refractivity contribution is 5.95. The van der Waals surface area contributed by atoms with Gasteiger partial charge >= 0.3 is 0 Å². The predicted octanol–water partition coefficient (Wildman–Crippen LogP) is 2.37. The number of carbonyl (C=O) groups is 2. The molecule has 3 heterocycles. The quantitative estimate of drug-likeness (QED) is 0.738. The van der Waals surface area contributed by atoms with Crippen LogP contribution in [0.15, 0.2) is 54.6 Å². The lowest BCUT2D eigenvalue weighted by atomic mass is 9.96. The number of rotatable bonds is 4. The molecule has 2 aromatic carbocycles. The Morgan fingerprint density at radius 3 is 2.47 bits per heavy atom. The number of methoxy groups -OCH3 is 1. The molecule has 7 nitrogen and oxygen atoms in total. The molecule has 5 rings (SSSR count). The third kappa shape index (κ3) is 3.55. The van der Waals surface area contributed by atoms with Crippen molar-refractivity contribution in [3.8, 4) is 5.75 Å². The van der Waals surface area contributed by atoms with Gasteiger partial charge in [-0.1, -0.05) is 30.3 Å². The second-order valence-corrected chi connectivity index (χ2v) is 8.69. The van der Waals surface area contributed by atoms with Gasteiger partial charge in [-0.05, 0) is 29.8 Å². The molecule has 3 fully saturated rings. The molecule has 0 aromatic heterocycles. The van der Waals surface area contributed by atoms with Crippen molar-refractivity contribution >= 4 is 11.8 Å². The van der Waals surface area contributed by atoms with E-state index in [0.717, 1.165) is 24.2 Å². The molecule has 1 spiro atoms. The highest BCUT2D eigenvalue weighted by Gasteiger charge is 2.58. The van der Waals surface area contributed by atoms with Crippen molar-refractivity contribution in [1.82, 2.24) is 14.7 Å². The summed E-state index contributed by atoms with van der Waals surface area (Å²) in [6, 6.07) is 17.0. The van der Waals surface area contributed by atoms with E-state index in [1.165, 1.54) is 0 Å². The molecule has 32 heavy (non-hydrogen) atoms. The highest BCUT2D eigenvalue weighted by Crippen LogP contribution is 2.42. The van der Waals surface area contributed by atoms with Gasteiger partial charge in [-0.3, -0.25) is 14.5 Å². The first kappa shape index (κ1) is 21.0. The lowest BCUT2D eigenvalue weighted by Gasteiger charge is -2.49. The van der Waals surface area contributed by atoms with E-state index in [4.69, 9.17) is 9.47 Å². The fraction of sp³-hybridized carbons (Fsp3) is 0.440. The van der Waals surface area contributed by atoms with Crippen molar-refractivity contribution in [3.05, 3.63) is 65.7 Å². The van der Waals surface area contributed by atoms with Gasteiger partial charge in [-0.15, -0.1) is 0 Å². The maximum absolute atomic E-state index is 13.7. The summed E-state index contributed by atoms with van der Waals surface area (Å²) in [7, 11) is 1.61. The Bertz CT molecular complexity index is 972. The van der Waals surface area contributed by atoms with Gasteiger partial charge in [0.2, 0.25) is 5.91 Å². The van der Waals surface area contributed by atoms with Gasteiger partial charge < -0.3 is 19.3 Å². The van der Waals surface area contributed by atoms with Crippen molar-refractivity contribution in [2.75, 3.05) is 40.0 Å². The Hall–Kier alpha value is -2.90. The average Bonchev–Trinajstić information content (AvgIpc) is 3.07. The van der Waals surface area contributed by atoms with Crippen LogP contribution in [0.5, 0.6) is 5.75 Å². The first-order chi connectivity index (χ1) is 15.6. The van der Waals surface area contributed by atoms with Crippen molar-refractivity contribution in [2.24, 2.45) is 0 Å². The summed E-state index contributed by atoms with van der Waals surface area (Å²) in [6.45, 7) is 3.59. The second kappa shape index (κ2) is 8.56. The number of ether oxygens (including phenoxy) is 2. The van der Waals surface area contributed by atoms with Crippen molar-refractivity contribution in [1.29, 1.82) is 0 Å². The van der Waals surface area contributed by atoms with Crippen LogP contribution in [-0.2, 0) is 16.1 Å². The fourth-order valence-electron chi connectivity index (χ4n) is 5.38. The number of piperazine rings is 1. The van der Waals surface area contributed by atoms with E-state index in [9.17, 15) is 9.59 Å². The zero-order valence-electron chi connectivity index (χ0n) is 18.4. The van der Waals surface area contributed by atoms with E-state index in [1.54, 1.807) is 31.4 Å². The predicted molar refractivity (Wildman–Crippen MR) is 119 cm³/mol. The zero-order valence-corrected chi connectivity index (χ0v) is 18.4. The minimum atomic E-state index is -0.328. The Morgan fingerprint density at radius 2 is 1.78 bits per heavy atom. The largest absolute Gasteiger partial charge is 0.497 e. The first-order valence-corrected chi connectivity index (χ1v) is 11.3. The summed E-state index contributed by atoms with van der Waals surface area (Å²) in [6.07, 6.45) is 1.60. The Morgan fingerprint density at radius 1 is 1.06 bits per heavy atom. The Labute approximate surface area is 188 Å². The second-order valence-electron chi connectivity index (χ2n) is 8.69. The molecule has 3 aliphatic heterocycles. The van der Waals surface area contributed by atoms with Gasteiger partial charge in [0.25, 0.3) is 5.91 Å². The maximum atomic E-state index is 13.7. The molecule has 3 saturated heterocycles. The van der Waals surface area contributed by atoms with Crippen LogP contribution >= 0.6 is 0 Å². The van der Waals surface area contributed by atoms with Crippen LogP contribution < -0.4 is 4.74 Å². The molecule has 1 atom stereocenters. The van der Waals surface area contributed by atoms with E-state index in [-0.39, 0.29) is 23.5 Å². The molecular formula is C25H29N3O4. The molecule has 0 unspecified atom stereocenters. The average molecular weight is 436 g/mol. The molecule has 0 saturated carbocycles. The van der Waals surface area contributed by atoms with E-state index < -0.39 is 0 Å². The molecule has 0 aliphatic carbocycles. The molecule has 7 heteroatoms. The van der Waals surface area contributed by atoms with Gasteiger partial charge in [0.15, 0.2) is 0 Å². The summed E-state index contributed by atoms with van der Waals surface area (Å²) in [4.78, 5) is 33.1. The minimum Gasteiger partial charge on any atom is -0.497 e. The third-order valence-electron chi connectivity index (χ3n) is 7.07. The number of carbonyl (C=O) groups excluding carboxylic acids is 2. The standard InChI is InChI=1S/C25H29N3O4/c1-31-21-9-7-20(8-10-21)23(29)26-13-14-27-22(18-26)24(30)28(17-19-5-3-2-4-6-19)25(27)11-15-32-16-12-25/h2-10,22H,11-18H2,1H3/t22-/m1/s1. The van der Waals surface area contributed by atoms with Crippen LogP contribution in [0.3, 0.4) is 0 Å². The summed E-state index contributed by atoms with van der Waals surface area (Å²) in [5.41, 5.74) is 1.41. The molecule has 0 bridgehead atoms. The summed E-state index contributed by atoms with van der Waals surface area (Å²) in [5, 5.41) is 0. The normalized spacial score (nSPS) is 22.8. The maximum Gasteiger partial charge on any atom is 0.253 e. The number of hydrogen-bond donors (Lipinski definition) is 0. The van der Waals surface area contributed by atoms with Crippen molar-refractivity contribution in [2.45, 2.75) is 31.1 Å². The fourth-order valence-corrected chi connectivity index (χ4v) is 5.38. The van der Waals surface area contributed by atoms with Crippen LogP contribution in [0.1, 0.15) is 28.8 Å². The first-order valence-electron chi connectivity index (χ1n) is 11.3. The SMILES string of the molecule is COc1ccc(C(=O)N2CCN3[C@H](C2)C(=O)N(Cc2ccccc2)C32CCOCC2)cc1. The van der Waals surface area contributed by atoms with E-state index in [0.29, 0.717) is 45.0 Å². The lowest BCUT2D eigenvalue weighted by Crippen LogP contribution is -2.62. The summed E-state index contributed by atoms with van der Waals surface area (Å²) in [5.74, 6) is 0.793. The van der Waals surface area contributed by atoms with Crippen LogP contribution in [0.25, 0.3) is 0 Å². The van der Waals surface area contributed by atoms with Crippen LogP contribution in [0.4, 0.5) is 0 Å². The van der Waals surface area contributed by atoms with Crippen LogP contribution in [0, 0.1) is 0 Å². The lowest BCUT2D eigenvalue weighted by molar-refractivity contribution is -0.137. The van der Waals surface area contributed by atoms with Gasteiger partial charge in [-0.25, -0.2) is 0 Å². The van der Waals surface area contributed by atoms with Crippen LogP contribution in [0.2, 0.25) is 0 Å². The molecule has 0 radical (unpaired) electrons. The van der Waals surface area contributed by atoms with Gasteiger partial charge in [0, 0.05) is 44.6 Å². The number of benzene rings is 2. The van der Waals surface area contributed by atoms with Gasteiger partial charge in [0.1, 0.15) is 17.5 Å². The third-order valence-corrected chi connectivity index (χ3v) is 7.07. The van der Waals surface area contributed by atoms with E-state index >= 15 is 0 Å². The minimum absolute atomic E-state index is 0.0392. The molecule has 168 valence electrons. The van der Waals surface area contributed by atoms with E-state index in [2.05, 4.69) is 21.9 Å². The number of hydrogen-bond acceptors (Lipinski definition) is 5. The molecule has 2 aromatic rings. The van der Waals surface area contributed by atoms with Gasteiger partial charge in [0.05, 0.1) is 20.3 Å². The molecule has 2 amide bonds. The Balaban J connectivity index is 1.39. The van der Waals surface area contributed by atoms with E-state index in [1.807, 2.05) is 23.1 Å². The number of fused-ring (bicyclic) bond motifs is 2. The topological polar surface area (TPSA) is 62.3 Å². The highest BCUT2D eigenvalue weighted by atomic mass is 16.5. The Kier molecular flexibility index (Phi) is 5.61. The monoisotopic (exact) mass is 435 g/mol. The number of amides is 2. The number of nitrogens with zero attached hydrogens (tertiary/aromatic N) is 3. The molecular weight excluding hydrogens is 406 g/mol. The van der Waals surface area contributed by atoms with Crippen molar-refractivity contribution < 1.29 is 19.1 Å². The molecule has 3 aliphatic rings. The summed E-state index contributed by atoms with van der Waals surface area (Å²) >= 11 is 0. The van der Waals surface area contributed by atoms with Crippen LogP contribution in [-0.4, -0.2) is 78.2 Å². The summed E-state index contributed by atoms with van der Waals surface area (Å²) < 4.78 is 10.9. The van der Waals surface area contributed by atoms with Gasteiger partial charge in [-0.2, -0.15) is 0 Å². The molecule has 0 N–H and O–H groups in total. The van der Waals surface area contributed by atoms with Crippen molar-refractivity contribution in [3.63, 3.8) is 0 Å². The zero-order chi connectivity index (χ0) is 22.1. The smallest absolute Gasteiger partial charge is 0.253 e.